The van der Waals surface area contributed by atoms with Crippen molar-refractivity contribution >= 4 is 56.5 Å². The first-order valence-electron chi connectivity index (χ1n) is 2.25. The number of thiophene rings is 1. The third-order valence-corrected chi connectivity index (χ3v) is 3.69. The van der Waals surface area contributed by atoms with Gasteiger partial charge in [-0.2, -0.15) is 0 Å². The second-order valence-electron chi connectivity index (χ2n) is 1.52. The van der Waals surface area contributed by atoms with Crippen LogP contribution in [0.25, 0.3) is 0 Å². The molecular formula is C5H4I2OS. The van der Waals surface area contributed by atoms with Crippen LogP contribution in [0.3, 0.4) is 0 Å². The molecule has 0 atom stereocenters. The maximum Gasteiger partial charge on any atom is 0.201 e. The van der Waals surface area contributed by atoms with E-state index in [0.29, 0.717) is 0 Å². The molecule has 0 aliphatic heterocycles. The fourth-order valence-corrected chi connectivity index (χ4v) is 2.17. The summed E-state index contributed by atoms with van der Waals surface area (Å²) in [6.45, 7) is 0. The third-order valence-electron chi connectivity index (χ3n) is 0.818. The van der Waals surface area contributed by atoms with Gasteiger partial charge in [-0.1, -0.05) is 6.07 Å². The molecule has 0 aromatic carbocycles. The van der Waals surface area contributed by atoms with Crippen LogP contribution >= 0.6 is 56.5 Å². The molecule has 0 bridgehead atoms. The average Bonchev–Trinajstić information content (AvgIpc) is 2.08. The fraction of sp³-hybridized carbons (Fsp3) is 0.200. The van der Waals surface area contributed by atoms with Crippen LogP contribution in [0.2, 0.25) is 0 Å². The fourth-order valence-electron chi connectivity index (χ4n) is 0.450. The van der Waals surface area contributed by atoms with Crippen molar-refractivity contribution in [3.05, 3.63) is 22.4 Å². The number of hydrogen-bond donors (Lipinski definition) is 1. The van der Waals surface area contributed by atoms with Crippen LogP contribution in [0.1, 0.15) is 4.88 Å². The Bertz CT molecular complexity index is 177. The van der Waals surface area contributed by atoms with Crippen LogP contribution < -0.4 is 0 Å². The lowest BCUT2D eigenvalue weighted by Crippen LogP contribution is -2.02. The minimum absolute atomic E-state index is 0.719. The quantitative estimate of drug-likeness (QED) is 0.599. The smallest absolute Gasteiger partial charge is 0.201 e. The first kappa shape index (κ1) is 8.22. The number of hydrogen-bond acceptors (Lipinski definition) is 2. The van der Waals surface area contributed by atoms with Crippen molar-refractivity contribution in [1.29, 1.82) is 0 Å². The van der Waals surface area contributed by atoms with E-state index in [9.17, 15) is 5.11 Å². The molecule has 0 amide bonds. The first-order chi connectivity index (χ1) is 4.11. The summed E-state index contributed by atoms with van der Waals surface area (Å²) in [7, 11) is 0. The average molecular weight is 366 g/mol. The molecule has 1 N–H and O–H groups in total. The summed E-state index contributed by atoms with van der Waals surface area (Å²) in [5.74, 6) is 0. The molecule has 0 fully saturated rings. The van der Waals surface area contributed by atoms with Crippen LogP contribution in [0.4, 0.5) is 0 Å². The van der Waals surface area contributed by atoms with Gasteiger partial charge in [0.2, 0.25) is 1.61 Å². The van der Waals surface area contributed by atoms with Gasteiger partial charge in [-0.25, -0.2) is 0 Å². The van der Waals surface area contributed by atoms with Crippen molar-refractivity contribution in [1.82, 2.24) is 0 Å². The van der Waals surface area contributed by atoms with E-state index in [1.807, 2.05) is 62.7 Å². The highest BCUT2D eigenvalue weighted by Crippen LogP contribution is 2.38. The zero-order chi connectivity index (χ0) is 6.91. The molecule has 0 spiro atoms. The molecule has 0 aliphatic rings. The third kappa shape index (κ3) is 2.32. The summed E-state index contributed by atoms with van der Waals surface area (Å²) < 4.78 is -0.719. The van der Waals surface area contributed by atoms with Crippen LogP contribution in [-0.4, -0.2) is 5.11 Å². The summed E-state index contributed by atoms with van der Waals surface area (Å²) in [5, 5.41) is 11.3. The highest BCUT2D eigenvalue weighted by atomic mass is 127. The van der Waals surface area contributed by atoms with E-state index in [1.165, 1.54) is 0 Å². The molecule has 1 nitrogen and oxygen atoms in total. The second-order valence-corrected chi connectivity index (χ2v) is 7.65. The van der Waals surface area contributed by atoms with Gasteiger partial charge in [-0.3, -0.25) is 0 Å². The monoisotopic (exact) mass is 366 g/mol. The highest BCUT2D eigenvalue weighted by molar-refractivity contribution is 14.2. The van der Waals surface area contributed by atoms with E-state index < -0.39 is 1.61 Å². The van der Waals surface area contributed by atoms with Gasteiger partial charge in [0.25, 0.3) is 0 Å². The summed E-state index contributed by atoms with van der Waals surface area (Å²) >= 11 is 5.55. The summed E-state index contributed by atoms with van der Waals surface area (Å²) in [5.41, 5.74) is 0. The highest BCUT2D eigenvalue weighted by Gasteiger charge is 2.20. The first-order valence-corrected chi connectivity index (χ1v) is 5.28. The Morgan fingerprint density at radius 1 is 1.56 bits per heavy atom. The summed E-state index contributed by atoms with van der Waals surface area (Å²) in [4.78, 5) is 0.990. The molecule has 0 unspecified atom stereocenters. The molecule has 4 heteroatoms. The zero-order valence-electron chi connectivity index (χ0n) is 4.34. The van der Waals surface area contributed by atoms with Crippen molar-refractivity contribution in [3.8, 4) is 0 Å². The van der Waals surface area contributed by atoms with Crippen molar-refractivity contribution < 1.29 is 5.11 Å². The number of aliphatic hydroxyl groups is 1. The molecule has 1 rings (SSSR count). The lowest BCUT2D eigenvalue weighted by Gasteiger charge is -2.08. The Hall–Kier alpha value is 1.12. The molecular weight excluding hydrogens is 362 g/mol. The molecule has 1 aromatic heterocycles. The van der Waals surface area contributed by atoms with Gasteiger partial charge < -0.3 is 5.11 Å². The topological polar surface area (TPSA) is 20.2 Å². The largest absolute Gasteiger partial charge is 0.367 e. The predicted molar refractivity (Wildman–Crippen MR) is 56.3 cm³/mol. The zero-order valence-corrected chi connectivity index (χ0v) is 9.47. The van der Waals surface area contributed by atoms with Crippen LogP contribution in [0.15, 0.2) is 17.5 Å². The maximum atomic E-state index is 9.36. The van der Waals surface area contributed by atoms with Gasteiger partial charge in [-0.05, 0) is 56.6 Å². The van der Waals surface area contributed by atoms with Crippen LogP contribution in [0.5, 0.6) is 0 Å². The lowest BCUT2D eigenvalue weighted by molar-refractivity contribution is 0.273. The Morgan fingerprint density at radius 3 is 2.44 bits per heavy atom. The van der Waals surface area contributed by atoms with Gasteiger partial charge in [0.05, 0.1) is 4.88 Å². The van der Waals surface area contributed by atoms with E-state index in [2.05, 4.69) is 0 Å². The molecule has 1 aromatic rings. The van der Waals surface area contributed by atoms with Crippen LogP contribution in [-0.2, 0) is 1.61 Å². The van der Waals surface area contributed by atoms with E-state index in [0.717, 1.165) is 4.88 Å². The van der Waals surface area contributed by atoms with Crippen molar-refractivity contribution in [2.24, 2.45) is 0 Å². The second kappa shape index (κ2) is 3.02. The SMILES string of the molecule is OC(I)(I)c1cccs1. The molecule has 0 radical (unpaired) electrons. The maximum absolute atomic E-state index is 9.36. The number of halogens is 2. The molecule has 9 heavy (non-hydrogen) atoms. The molecule has 1 heterocycles. The standard InChI is InChI=1S/C5H4I2OS/c6-5(7,8)4-2-1-3-9-4/h1-3,8H. The van der Waals surface area contributed by atoms with Gasteiger partial charge >= 0.3 is 0 Å². The summed E-state index contributed by atoms with van der Waals surface area (Å²) in [6, 6.07) is 3.85. The van der Waals surface area contributed by atoms with Crippen molar-refractivity contribution in [2.45, 2.75) is 1.61 Å². The number of alkyl halides is 2. The molecule has 0 aliphatic carbocycles. The Labute approximate surface area is 84.8 Å². The Kier molecular flexibility index (Phi) is 2.75. The van der Waals surface area contributed by atoms with E-state index in [4.69, 9.17) is 0 Å². The van der Waals surface area contributed by atoms with E-state index in [-0.39, 0.29) is 0 Å². The minimum Gasteiger partial charge on any atom is -0.367 e. The van der Waals surface area contributed by atoms with Gasteiger partial charge in [0.1, 0.15) is 0 Å². The minimum atomic E-state index is -0.719. The van der Waals surface area contributed by atoms with Crippen molar-refractivity contribution in [3.63, 3.8) is 0 Å². The Balaban J connectivity index is 2.90. The van der Waals surface area contributed by atoms with Gasteiger partial charge in [0, 0.05) is 0 Å². The predicted octanol–water partition coefficient (Wildman–Crippen LogP) is 2.72. The molecule has 0 saturated carbocycles. The lowest BCUT2D eigenvalue weighted by atomic mass is 10.5. The van der Waals surface area contributed by atoms with Crippen molar-refractivity contribution in [2.75, 3.05) is 0 Å². The molecule has 50 valence electrons. The molecule has 0 saturated heterocycles. The Morgan fingerprint density at radius 2 is 2.22 bits per heavy atom. The normalized spacial score (nSPS) is 11.9. The van der Waals surface area contributed by atoms with Gasteiger partial charge in [-0.15, -0.1) is 11.3 Å². The van der Waals surface area contributed by atoms with E-state index in [1.54, 1.807) is 11.3 Å². The van der Waals surface area contributed by atoms with Crippen LogP contribution in [0, 0.1) is 0 Å². The summed E-state index contributed by atoms with van der Waals surface area (Å²) in [6.07, 6.45) is 0. The number of rotatable bonds is 1. The van der Waals surface area contributed by atoms with Gasteiger partial charge in [0.15, 0.2) is 0 Å². The van der Waals surface area contributed by atoms with E-state index >= 15 is 0 Å².